The molecule has 0 aliphatic rings. The van der Waals surface area contributed by atoms with Crippen molar-refractivity contribution in [1.82, 2.24) is 15.0 Å². The van der Waals surface area contributed by atoms with Crippen molar-refractivity contribution in [2.45, 2.75) is 0 Å². The number of aromatic nitrogens is 3. The van der Waals surface area contributed by atoms with Crippen LogP contribution in [-0.2, 0) is 0 Å². The quantitative estimate of drug-likeness (QED) is 0.172. The Bertz CT molecular complexity index is 3160. The molecule has 0 fully saturated rings. The summed E-state index contributed by atoms with van der Waals surface area (Å²) in [5, 5.41) is 12.6. The lowest BCUT2D eigenvalue weighted by Crippen LogP contribution is -2.00. The second-order valence-corrected chi connectivity index (χ2v) is 14.7. The minimum atomic E-state index is 0.657. The summed E-state index contributed by atoms with van der Waals surface area (Å²) in [4.78, 5) is 15.0. The number of hydrogen-bond donors (Lipinski definition) is 0. The highest BCUT2D eigenvalue weighted by atomic mass is 32.1. The molecule has 0 amide bonds. The average Bonchev–Trinajstić information content (AvgIpc) is 3.60. The van der Waals surface area contributed by atoms with E-state index in [4.69, 9.17) is 15.0 Å². The molecule has 0 saturated heterocycles. The van der Waals surface area contributed by atoms with E-state index in [0.717, 1.165) is 27.5 Å². The van der Waals surface area contributed by atoms with Gasteiger partial charge in [0.05, 0.1) is 0 Å². The largest absolute Gasteiger partial charge is 0.208 e. The number of benzene rings is 9. The molecule has 11 rings (SSSR count). The van der Waals surface area contributed by atoms with Crippen LogP contribution in [0.4, 0.5) is 0 Å². The van der Waals surface area contributed by atoms with E-state index in [-0.39, 0.29) is 0 Å². The van der Waals surface area contributed by atoms with Crippen LogP contribution >= 0.6 is 11.3 Å². The third-order valence-corrected chi connectivity index (χ3v) is 11.6. The summed E-state index contributed by atoms with van der Waals surface area (Å²) in [5.74, 6) is 1.97. The van der Waals surface area contributed by atoms with Crippen molar-refractivity contribution in [1.29, 1.82) is 0 Å². The molecule has 0 unspecified atom stereocenters. The fraction of sp³-hybridized carbons (Fsp3) is 0. The maximum Gasteiger partial charge on any atom is 0.164 e. The topological polar surface area (TPSA) is 38.7 Å². The van der Waals surface area contributed by atoms with Gasteiger partial charge >= 0.3 is 0 Å². The molecule has 9 aromatic carbocycles. The lowest BCUT2D eigenvalue weighted by Gasteiger charge is -2.14. The molecule has 0 aliphatic heterocycles. The van der Waals surface area contributed by atoms with E-state index in [1.54, 1.807) is 0 Å². The van der Waals surface area contributed by atoms with E-state index >= 15 is 0 Å². The first kappa shape index (κ1) is 29.9. The molecule has 0 aliphatic carbocycles. The zero-order chi connectivity index (χ0) is 34.9. The van der Waals surface area contributed by atoms with Crippen molar-refractivity contribution >= 4 is 74.6 Å². The van der Waals surface area contributed by atoms with Crippen LogP contribution < -0.4 is 0 Å². The molecule has 4 heteroatoms. The molecule has 11 aromatic rings. The molecule has 3 nitrogen and oxygen atoms in total. The Hall–Kier alpha value is -6.75. The first-order chi connectivity index (χ1) is 26.2. The third-order valence-electron chi connectivity index (χ3n) is 10.5. The van der Waals surface area contributed by atoms with Crippen LogP contribution in [0.1, 0.15) is 0 Å². The van der Waals surface area contributed by atoms with E-state index in [2.05, 4.69) is 115 Å². The minimum Gasteiger partial charge on any atom is -0.208 e. The number of thiophene rings is 1. The van der Waals surface area contributed by atoms with Gasteiger partial charge in [-0.15, -0.1) is 11.3 Å². The van der Waals surface area contributed by atoms with E-state index in [9.17, 15) is 0 Å². The molecule has 0 saturated carbocycles. The molecule has 0 bridgehead atoms. The molecule has 53 heavy (non-hydrogen) atoms. The summed E-state index contributed by atoms with van der Waals surface area (Å²) >= 11 is 1.87. The monoisotopic (exact) mass is 691 g/mol. The van der Waals surface area contributed by atoms with Crippen LogP contribution in [0.15, 0.2) is 176 Å². The Morgan fingerprint density at radius 2 is 0.887 bits per heavy atom. The highest BCUT2D eigenvalue weighted by molar-refractivity contribution is 7.25. The van der Waals surface area contributed by atoms with Crippen molar-refractivity contribution < 1.29 is 0 Å². The fourth-order valence-corrected chi connectivity index (χ4v) is 9.10. The molecule has 0 atom stereocenters. The Balaban J connectivity index is 1.08. The number of fused-ring (bicyclic) bond motifs is 9. The van der Waals surface area contributed by atoms with E-state index < -0.39 is 0 Å². The van der Waals surface area contributed by atoms with Gasteiger partial charge in [0.25, 0.3) is 0 Å². The maximum absolute atomic E-state index is 5.06. The normalized spacial score (nSPS) is 11.8. The summed E-state index contributed by atoms with van der Waals surface area (Å²) in [6, 6.07) is 62.8. The van der Waals surface area contributed by atoms with E-state index in [1.165, 1.54) is 63.6 Å². The minimum absolute atomic E-state index is 0.657. The highest BCUT2D eigenvalue weighted by Crippen LogP contribution is 2.41. The van der Waals surface area contributed by atoms with Crippen molar-refractivity contribution in [3.05, 3.63) is 176 Å². The van der Waals surface area contributed by atoms with Gasteiger partial charge in [-0.3, -0.25) is 0 Å². The number of nitrogens with zero attached hydrogens (tertiary/aromatic N) is 3. The lowest BCUT2D eigenvalue weighted by molar-refractivity contribution is 1.08. The van der Waals surface area contributed by atoms with Crippen LogP contribution in [0.5, 0.6) is 0 Å². The smallest absolute Gasteiger partial charge is 0.164 e. The maximum atomic E-state index is 5.06. The first-order valence-corrected chi connectivity index (χ1v) is 18.7. The molecule has 0 N–H and O–H groups in total. The van der Waals surface area contributed by atoms with Gasteiger partial charge in [0.1, 0.15) is 0 Å². The SMILES string of the molecule is c1ccc(-c2nc(-c3ccccc3)nc(-c3cccc4c(-c5ccc6c(ccc7ccc8cc9sc%10ccccc%10c9cc8c76)c5)cccc34)n2)cc1. The van der Waals surface area contributed by atoms with E-state index in [1.807, 2.05) is 72.0 Å². The van der Waals surface area contributed by atoms with Gasteiger partial charge in [-0.25, -0.2) is 15.0 Å². The Morgan fingerprint density at radius 1 is 0.302 bits per heavy atom. The fourth-order valence-electron chi connectivity index (χ4n) is 7.96. The van der Waals surface area contributed by atoms with Gasteiger partial charge in [0.2, 0.25) is 0 Å². The summed E-state index contributed by atoms with van der Waals surface area (Å²) in [6.45, 7) is 0. The Kier molecular flexibility index (Phi) is 6.73. The Morgan fingerprint density at radius 3 is 1.62 bits per heavy atom. The predicted molar refractivity (Wildman–Crippen MR) is 224 cm³/mol. The second kappa shape index (κ2) is 11.9. The summed E-state index contributed by atoms with van der Waals surface area (Å²) in [7, 11) is 0. The van der Waals surface area contributed by atoms with Gasteiger partial charge in [0.15, 0.2) is 17.5 Å². The first-order valence-electron chi connectivity index (χ1n) is 17.9. The molecule has 2 heterocycles. The van der Waals surface area contributed by atoms with Gasteiger partial charge in [-0.05, 0) is 78.5 Å². The molecule has 2 aromatic heterocycles. The van der Waals surface area contributed by atoms with E-state index in [0.29, 0.717) is 17.5 Å². The molecular formula is C49H29N3S. The molecular weight excluding hydrogens is 663 g/mol. The molecule has 0 spiro atoms. The number of rotatable bonds is 4. The second-order valence-electron chi connectivity index (χ2n) is 13.6. The van der Waals surface area contributed by atoms with Gasteiger partial charge in [-0.1, -0.05) is 152 Å². The van der Waals surface area contributed by atoms with Crippen molar-refractivity contribution in [2.24, 2.45) is 0 Å². The standard InChI is InChI=1S/C49H29N3S/c1-3-11-31(12-4-1)47-50-48(32-13-5-2-6-14-32)52-49(51-47)41-19-10-17-38-36(16-9-18-39(38)41)33-25-26-37-34(27-33)23-21-30-22-24-35-28-45-43(29-42(35)46(30)37)40-15-7-8-20-44(40)53-45/h1-29H. The van der Waals surface area contributed by atoms with Gasteiger partial charge in [0, 0.05) is 36.9 Å². The van der Waals surface area contributed by atoms with Crippen molar-refractivity contribution in [2.75, 3.05) is 0 Å². The van der Waals surface area contributed by atoms with Crippen LogP contribution in [0.3, 0.4) is 0 Å². The van der Waals surface area contributed by atoms with Crippen molar-refractivity contribution in [3.8, 4) is 45.3 Å². The van der Waals surface area contributed by atoms with Gasteiger partial charge in [-0.2, -0.15) is 0 Å². The third kappa shape index (κ3) is 4.91. The zero-order valence-electron chi connectivity index (χ0n) is 28.5. The average molecular weight is 692 g/mol. The summed E-state index contributed by atoms with van der Waals surface area (Å²) in [5.41, 5.74) is 5.25. The lowest BCUT2D eigenvalue weighted by atomic mass is 9.91. The highest BCUT2D eigenvalue weighted by Gasteiger charge is 2.16. The Labute approximate surface area is 309 Å². The zero-order valence-corrected chi connectivity index (χ0v) is 29.3. The summed E-state index contributed by atoms with van der Waals surface area (Å²) < 4.78 is 2.67. The van der Waals surface area contributed by atoms with Crippen LogP contribution in [0.2, 0.25) is 0 Å². The molecule has 246 valence electrons. The molecule has 0 radical (unpaired) electrons. The van der Waals surface area contributed by atoms with Crippen LogP contribution in [0, 0.1) is 0 Å². The van der Waals surface area contributed by atoms with Crippen molar-refractivity contribution in [3.63, 3.8) is 0 Å². The number of hydrogen-bond acceptors (Lipinski definition) is 4. The predicted octanol–water partition coefficient (Wildman–Crippen LogP) is 13.5. The van der Waals surface area contributed by atoms with Crippen LogP contribution in [0.25, 0.3) is 109 Å². The van der Waals surface area contributed by atoms with Gasteiger partial charge < -0.3 is 0 Å². The van der Waals surface area contributed by atoms with Crippen LogP contribution in [-0.4, -0.2) is 15.0 Å². The summed E-state index contributed by atoms with van der Waals surface area (Å²) in [6.07, 6.45) is 0.